The van der Waals surface area contributed by atoms with Crippen molar-refractivity contribution in [3.8, 4) is 17.1 Å². The molecule has 0 saturated carbocycles. The third kappa shape index (κ3) is 3.27. The van der Waals surface area contributed by atoms with Crippen LogP contribution in [0.1, 0.15) is 23.2 Å². The molecule has 0 bridgehead atoms. The number of nitrogens with zero attached hydrogens (tertiary/aromatic N) is 5. The van der Waals surface area contributed by atoms with Crippen LogP contribution in [-0.2, 0) is 0 Å². The van der Waals surface area contributed by atoms with Crippen LogP contribution in [0.15, 0.2) is 55.1 Å². The zero-order valence-corrected chi connectivity index (χ0v) is 15.7. The number of benzene rings is 1. The van der Waals surface area contributed by atoms with Crippen LogP contribution in [0.2, 0.25) is 0 Å². The highest BCUT2D eigenvalue weighted by Crippen LogP contribution is 2.24. The Balaban J connectivity index is 1.47. The summed E-state index contributed by atoms with van der Waals surface area (Å²) in [5.41, 5.74) is 3.19. The number of aliphatic hydroxyl groups is 1. The summed E-state index contributed by atoms with van der Waals surface area (Å²) in [6.07, 6.45) is 6.16. The summed E-state index contributed by atoms with van der Waals surface area (Å²) >= 11 is 0. The summed E-state index contributed by atoms with van der Waals surface area (Å²) in [6.45, 7) is 1.05. The summed E-state index contributed by atoms with van der Waals surface area (Å²) in [5, 5.41) is 17.5. The summed E-state index contributed by atoms with van der Waals surface area (Å²) < 4.78 is 1.98. The molecule has 146 valence electrons. The van der Waals surface area contributed by atoms with Crippen LogP contribution in [0.5, 0.6) is 0 Å². The molecule has 5 rings (SSSR count). The average Bonchev–Trinajstić information content (AvgIpc) is 3.43. The lowest BCUT2D eigenvalue weighted by Gasteiger charge is -2.30. The van der Waals surface area contributed by atoms with E-state index in [9.17, 15) is 9.90 Å². The lowest BCUT2D eigenvalue weighted by atomic mass is 10.1. The van der Waals surface area contributed by atoms with Gasteiger partial charge < -0.3 is 14.6 Å². The van der Waals surface area contributed by atoms with Crippen LogP contribution in [0, 0.1) is 0 Å². The molecule has 4 aromatic rings. The number of pyridine rings is 1. The van der Waals surface area contributed by atoms with Gasteiger partial charge >= 0.3 is 0 Å². The van der Waals surface area contributed by atoms with Crippen molar-refractivity contribution in [2.45, 2.75) is 18.9 Å². The van der Waals surface area contributed by atoms with E-state index >= 15 is 0 Å². The molecule has 0 aliphatic carbocycles. The number of aromatic nitrogens is 5. The van der Waals surface area contributed by atoms with Gasteiger partial charge in [0, 0.05) is 42.1 Å². The lowest BCUT2D eigenvalue weighted by molar-refractivity contribution is 0.0473. The second-order valence-corrected chi connectivity index (χ2v) is 7.25. The highest BCUT2D eigenvalue weighted by Gasteiger charge is 2.23. The van der Waals surface area contributed by atoms with Crippen molar-refractivity contribution in [3.05, 3.63) is 60.7 Å². The van der Waals surface area contributed by atoms with Gasteiger partial charge in [0.25, 0.3) is 5.91 Å². The fourth-order valence-corrected chi connectivity index (χ4v) is 3.82. The first kappa shape index (κ1) is 17.6. The van der Waals surface area contributed by atoms with Crippen LogP contribution in [0.25, 0.3) is 28.1 Å². The Kier molecular flexibility index (Phi) is 4.33. The van der Waals surface area contributed by atoms with Crippen LogP contribution >= 0.6 is 0 Å². The number of likely N-dealkylation sites (tertiary alicyclic amines) is 1. The number of aromatic amines is 1. The lowest BCUT2D eigenvalue weighted by Crippen LogP contribution is -2.42. The Morgan fingerprint density at radius 3 is 2.97 bits per heavy atom. The van der Waals surface area contributed by atoms with Crippen molar-refractivity contribution in [1.29, 1.82) is 0 Å². The highest BCUT2D eigenvalue weighted by molar-refractivity contribution is 5.97. The second kappa shape index (κ2) is 7.14. The molecule has 29 heavy (non-hydrogen) atoms. The van der Waals surface area contributed by atoms with E-state index < -0.39 is 6.10 Å². The topological polar surface area (TPSA) is 99.9 Å². The molecule has 1 aliphatic rings. The predicted octanol–water partition coefficient (Wildman–Crippen LogP) is 2.41. The van der Waals surface area contributed by atoms with Gasteiger partial charge in [0.2, 0.25) is 0 Å². The van der Waals surface area contributed by atoms with Gasteiger partial charge in [0.05, 0.1) is 11.7 Å². The summed E-state index contributed by atoms with van der Waals surface area (Å²) in [7, 11) is 0. The number of hydrogen-bond donors (Lipinski definition) is 2. The third-order valence-corrected chi connectivity index (χ3v) is 5.27. The maximum atomic E-state index is 12.8. The first-order valence-electron chi connectivity index (χ1n) is 9.60. The Labute approximate surface area is 166 Å². The number of aliphatic hydroxyl groups excluding tert-OH is 1. The number of hydrogen-bond acceptors (Lipinski definition) is 5. The minimum atomic E-state index is -0.442. The molecule has 0 spiro atoms. The molecular formula is C21H20N6O2. The van der Waals surface area contributed by atoms with E-state index in [1.54, 1.807) is 11.1 Å². The number of carbonyl (C=O) groups is 1. The zero-order chi connectivity index (χ0) is 19.8. The fraction of sp³-hybridized carbons (Fsp3) is 0.238. The molecule has 1 fully saturated rings. The van der Waals surface area contributed by atoms with E-state index in [0.29, 0.717) is 24.5 Å². The molecule has 8 heteroatoms. The molecule has 1 atom stereocenters. The number of carbonyl (C=O) groups excluding carboxylic acids is 1. The van der Waals surface area contributed by atoms with Crippen molar-refractivity contribution >= 4 is 16.9 Å². The van der Waals surface area contributed by atoms with Crippen LogP contribution in [-0.4, -0.2) is 59.8 Å². The summed E-state index contributed by atoms with van der Waals surface area (Å²) in [5.74, 6) is 0.617. The van der Waals surface area contributed by atoms with Gasteiger partial charge in [-0.05, 0) is 37.1 Å². The molecule has 8 nitrogen and oxygen atoms in total. The highest BCUT2D eigenvalue weighted by atomic mass is 16.3. The SMILES string of the molecule is O=C(c1cnc2c(ccn2-c2cccc(-c3ncn[nH]3)c2)c1)N1CCC[C@@H](O)C1. The number of fused-ring (bicyclic) bond motifs is 1. The average molecular weight is 388 g/mol. The number of β-amino-alcohol motifs (C(OH)–C–C–N with tert-alkyl or cyclic N) is 1. The molecule has 2 N–H and O–H groups in total. The van der Waals surface area contributed by atoms with E-state index in [0.717, 1.165) is 35.1 Å². The second-order valence-electron chi connectivity index (χ2n) is 7.25. The number of nitrogens with one attached hydrogen (secondary N) is 1. The summed E-state index contributed by atoms with van der Waals surface area (Å²) in [6, 6.07) is 11.7. The van der Waals surface area contributed by atoms with E-state index in [-0.39, 0.29) is 5.91 Å². The Bertz CT molecular complexity index is 1170. The Morgan fingerprint density at radius 1 is 1.21 bits per heavy atom. The molecule has 1 aromatic carbocycles. The van der Waals surface area contributed by atoms with E-state index in [1.807, 2.05) is 47.2 Å². The van der Waals surface area contributed by atoms with Crippen molar-refractivity contribution in [2.75, 3.05) is 13.1 Å². The number of piperidine rings is 1. The van der Waals surface area contributed by atoms with Crippen LogP contribution in [0.3, 0.4) is 0 Å². The Morgan fingerprint density at radius 2 is 2.14 bits per heavy atom. The first-order chi connectivity index (χ1) is 14.2. The van der Waals surface area contributed by atoms with E-state index in [2.05, 4.69) is 20.2 Å². The molecule has 1 saturated heterocycles. The normalized spacial score (nSPS) is 17.0. The van der Waals surface area contributed by atoms with Gasteiger partial charge in [0.15, 0.2) is 5.82 Å². The number of amides is 1. The molecule has 0 radical (unpaired) electrons. The van der Waals surface area contributed by atoms with Gasteiger partial charge in [-0.15, -0.1) is 0 Å². The number of H-pyrrole nitrogens is 1. The maximum absolute atomic E-state index is 12.8. The molecular weight excluding hydrogens is 368 g/mol. The molecule has 1 amide bonds. The monoisotopic (exact) mass is 388 g/mol. The van der Waals surface area contributed by atoms with Gasteiger partial charge in [-0.25, -0.2) is 9.97 Å². The van der Waals surface area contributed by atoms with Gasteiger partial charge in [-0.1, -0.05) is 12.1 Å². The third-order valence-electron chi connectivity index (χ3n) is 5.27. The first-order valence-corrected chi connectivity index (χ1v) is 9.60. The standard InChI is InChI=1S/C21H20N6O2/c28-18-5-2-7-26(12-18)21(29)16-9-15-6-8-27(20(15)22-11-16)17-4-1-3-14(10-17)19-23-13-24-25-19/h1,3-4,6,8-11,13,18,28H,2,5,7,12H2,(H,23,24,25)/t18-/m1/s1. The summed E-state index contributed by atoms with van der Waals surface area (Å²) in [4.78, 5) is 23.3. The van der Waals surface area contributed by atoms with Crippen molar-refractivity contribution in [1.82, 2.24) is 29.6 Å². The van der Waals surface area contributed by atoms with Gasteiger partial charge in [-0.2, -0.15) is 5.10 Å². The molecule has 0 unspecified atom stereocenters. The van der Waals surface area contributed by atoms with Crippen LogP contribution < -0.4 is 0 Å². The zero-order valence-electron chi connectivity index (χ0n) is 15.7. The van der Waals surface area contributed by atoms with Gasteiger partial charge in [-0.3, -0.25) is 9.89 Å². The minimum Gasteiger partial charge on any atom is -0.391 e. The van der Waals surface area contributed by atoms with Crippen molar-refractivity contribution in [3.63, 3.8) is 0 Å². The van der Waals surface area contributed by atoms with Crippen molar-refractivity contribution in [2.24, 2.45) is 0 Å². The molecule has 3 aromatic heterocycles. The van der Waals surface area contributed by atoms with Crippen LogP contribution in [0.4, 0.5) is 0 Å². The Hall–Kier alpha value is -3.52. The largest absolute Gasteiger partial charge is 0.391 e. The van der Waals surface area contributed by atoms with E-state index in [4.69, 9.17) is 0 Å². The smallest absolute Gasteiger partial charge is 0.255 e. The maximum Gasteiger partial charge on any atom is 0.255 e. The number of rotatable bonds is 3. The quantitative estimate of drug-likeness (QED) is 0.561. The molecule has 4 heterocycles. The van der Waals surface area contributed by atoms with E-state index in [1.165, 1.54) is 6.33 Å². The minimum absolute atomic E-state index is 0.0850. The fourth-order valence-electron chi connectivity index (χ4n) is 3.82. The van der Waals surface area contributed by atoms with Crippen molar-refractivity contribution < 1.29 is 9.90 Å². The van der Waals surface area contributed by atoms with Gasteiger partial charge in [0.1, 0.15) is 12.0 Å². The molecule has 1 aliphatic heterocycles. The predicted molar refractivity (Wildman–Crippen MR) is 108 cm³/mol.